The third-order valence-electron chi connectivity index (χ3n) is 5.76. The number of rotatable bonds is 11. The zero-order valence-electron chi connectivity index (χ0n) is 22.5. The Morgan fingerprint density at radius 1 is 0.737 bits per heavy atom. The van der Waals surface area contributed by atoms with Crippen LogP contribution in [0.5, 0.6) is 11.5 Å². The monoisotopic (exact) mass is 510 g/mol. The number of carbonyl (C=O) groups is 1. The van der Waals surface area contributed by atoms with Gasteiger partial charge in [0.2, 0.25) is 0 Å². The summed E-state index contributed by atoms with van der Waals surface area (Å²) >= 11 is 0. The predicted molar refractivity (Wildman–Crippen MR) is 150 cm³/mol. The van der Waals surface area contributed by atoms with Gasteiger partial charge in [0, 0.05) is 12.8 Å². The van der Waals surface area contributed by atoms with Crippen molar-refractivity contribution in [2.45, 2.75) is 31.9 Å². The van der Waals surface area contributed by atoms with Crippen molar-refractivity contribution in [1.82, 2.24) is 0 Å². The van der Waals surface area contributed by atoms with Crippen molar-refractivity contribution < 1.29 is 23.5 Å². The Hall–Kier alpha value is -4.19. The summed E-state index contributed by atoms with van der Waals surface area (Å²) in [6.45, 7) is 1.09. The lowest BCUT2D eigenvalue weighted by Crippen LogP contribution is -2.51. The van der Waals surface area contributed by atoms with E-state index in [9.17, 15) is 4.79 Å². The standard InChI is InChI=1S/C33H36NO4/c1-34(2,3)32(26-28-16-10-8-11-17-28)33(35)37-25-15-7-5-4-6-14-24-36-30-20-22-31(23-21-30)38-27-29-18-12-9-13-19-29/h8-13,16-23,32H,4,15,24-27H2,1-3H3/q+1/t32-/m0/s1. The number of esters is 1. The van der Waals surface area contributed by atoms with Gasteiger partial charge in [-0.05, 0) is 35.4 Å². The third-order valence-corrected chi connectivity index (χ3v) is 5.76. The summed E-state index contributed by atoms with van der Waals surface area (Å²) in [7, 11) is 6.02. The number of likely N-dealkylation sites (N-methyl/N-ethyl adjacent to an activating group) is 1. The van der Waals surface area contributed by atoms with Gasteiger partial charge in [-0.2, -0.15) is 0 Å². The van der Waals surface area contributed by atoms with E-state index < -0.39 is 0 Å². The van der Waals surface area contributed by atoms with Crippen molar-refractivity contribution in [2.24, 2.45) is 0 Å². The molecule has 0 spiro atoms. The van der Waals surface area contributed by atoms with Crippen LogP contribution in [-0.4, -0.2) is 50.9 Å². The first kappa shape index (κ1) is 28.4. The zero-order valence-corrected chi connectivity index (χ0v) is 22.5. The van der Waals surface area contributed by atoms with E-state index in [-0.39, 0.29) is 25.2 Å². The highest BCUT2D eigenvalue weighted by Gasteiger charge is 2.33. The Labute approximate surface area is 226 Å². The number of hydrogen-bond donors (Lipinski definition) is 0. The van der Waals surface area contributed by atoms with Gasteiger partial charge >= 0.3 is 5.97 Å². The number of hydrogen-bond acceptors (Lipinski definition) is 4. The topological polar surface area (TPSA) is 44.8 Å². The molecular formula is C33H36NO4+. The van der Waals surface area contributed by atoms with Crippen molar-refractivity contribution in [3.8, 4) is 35.2 Å². The normalized spacial score (nSPS) is 11.2. The Morgan fingerprint density at radius 3 is 1.95 bits per heavy atom. The molecule has 1 atom stereocenters. The molecule has 196 valence electrons. The Bertz CT molecular complexity index is 1240. The minimum absolute atomic E-state index is 0.198. The molecular weight excluding hydrogens is 474 g/mol. The molecule has 0 amide bonds. The summed E-state index contributed by atoms with van der Waals surface area (Å²) in [4.78, 5) is 12.7. The van der Waals surface area contributed by atoms with Crippen molar-refractivity contribution >= 4 is 5.97 Å². The van der Waals surface area contributed by atoms with Gasteiger partial charge in [-0.1, -0.05) is 84.3 Å². The van der Waals surface area contributed by atoms with E-state index in [1.54, 1.807) is 0 Å². The fourth-order valence-corrected chi connectivity index (χ4v) is 3.61. The van der Waals surface area contributed by atoms with Crippen LogP contribution in [0.3, 0.4) is 0 Å². The molecule has 3 aromatic rings. The van der Waals surface area contributed by atoms with Crippen LogP contribution in [0.15, 0.2) is 84.9 Å². The number of carbonyl (C=O) groups excluding carboxylic acids is 1. The van der Waals surface area contributed by atoms with Crippen molar-refractivity contribution in [2.75, 3.05) is 34.4 Å². The second-order valence-corrected chi connectivity index (χ2v) is 9.66. The van der Waals surface area contributed by atoms with Crippen molar-refractivity contribution in [3.05, 3.63) is 96.1 Å². The lowest BCUT2D eigenvalue weighted by atomic mass is 10.0. The van der Waals surface area contributed by atoms with Crippen LogP contribution in [0.25, 0.3) is 0 Å². The Kier molecular flexibility index (Phi) is 11.3. The molecule has 0 saturated carbocycles. The Balaban J connectivity index is 1.31. The molecule has 0 N–H and O–H groups in total. The molecule has 0 fully saturated rings. The van der Waals surface area contributed by atoms with Gasteiger partial charge in [-0.25, -0.2) is 4.79 Å². The van der Waals surface area contributed by atoms with Gasteiger partial charge in [-0.15, -0.1) is 0 Å². The minimum atomic E-state index is -0.269. The predicted octanol–water partition coefficient (Wildman–Crippen LogP) is 5.29. The van der Waals surface area contributed by atoms with Crippen LogP contribution >= 0.6 is 0 Å². The lowest BCUT2D eigenvalue weighted by Gasteiger charge is -2.32. The van der Waals surface area contributed by atoms with Gasteiger partial charge in [-0.3, -0.25) is 0 Å². The molecule has 0 unspecified atom stereocenters. The maximum Gasteiger partial charge on any atom is 0.365 e. The van der Waals surface area contributed by atoms with E-state index >= 15 is 0 Å². The van der Waals surface area contributed by atoms with Crippen molar-refractivity contribution in [3.63, 3.8) is 0 Å². The molecule has 0 saturated heterocycles. The molecule has 3 aromatic carbocycles. The highest BCUT2D eigenvalue weighted by atomic mass is 16.5. The fourth-order valence-electron chi connectivity index (χ4n) is 3.61. The molecule has 5 nitrogen and oxygen atoms in total. The van der Waals surface area contributed by atoms with Crippen LogP contribution in [0, 0.1) is 23.7 Å². The first-order valence-electron chi connectivity index (χ1n) is 12.7. The molecule has 0 aliphatic heterocycles. The van der Waals surface area contributed by atoms with Gasteiger partial charge in [0.05, 0.1) is 27.6 Å². The van der Waals surface area contributed by atoms with E-state index in [1.165, 1.54) is 0 Å². The first-order chi connectivity index (χ1) is 18.4. The molecule has 0 radical (unpaired) electrons. The molecule has 3 rings (SSSR count). The summed E-state index contributed by atoms with van der Waals surface area (Å²) in [6.07, 6.45) is 1.57. The summed E-state index contributed by atoms with van der Waals surface area (Å²) in [5.41, 5.74) is 2.24. The second-order valence-electron chi connectivity index (χ2n) is 9.66. The van der Waals surface area contributed by atoms with Gasteiger partial charge in [0.25, 0.3) is 0 Å². The maximum absolute atomic E-state index is 12.7. The highest BCUT2D eigenvalue weighted by Crippen LogP contribution is 2.18. The van der Waals surface area contributed by atoms with E-state index in [0.717, 1.165) is 22.6 Å². The summed E-state index contributed by atoms with van der Waals surface area (Å²) in [6, 6.07) is 27.3. The molecule has 0 bridgehead atoms. The number of quaternary nitrogens is 1. The second kappa shape index (κ2) is 15.2. The molecule has 0 aliphatic carbocycles. The third kappa shape index (κ3) is 10.4. The molecule has 38 heavy (non-hydrogen) atoms. The van der Waals surface area contributed by atoms with Gasteiger partial charge < -0.3 is 18.7 Å². The summed E-state index contributed by atoms with van der Waals surface area (Å²) in [5.74, 6) is 13.3. The van der Waals surface area contributed by atoms with E-state index in [1.807, 2.05) is 106 Å². The first-order valence-corrected chi connectivity index (χ1v) is 12.7. The zero-order chi connectivity index (χ0) is 27.1. The van der Waals surface area contributed by atoms with Crippen LogP contribution in [-0.2, 0) is 22.6 Å². The number of benzene rings is 3. The summed E-state index contributed by atoms with van der Waals surface area (Å²) in [5, 5.41) is 0. The molecule has 0 aliphatic rings. The lowest BCUT2D eigenvalue weighted by molar-refractivity contribution is -0.887. The average Bonchev–Trinajstić information content (AvgIpc) is 2.92. The van der Waals surface area contributed by atoms with Crippen LogP contribution in [0.1, 0.15) is 24.0 Å². The summed E-state index contributed by atoms with van der Waals surface area (Å²) < 4.78 is 17.5. The van der Waals surface area contributed by atoms with Gasteiger partial charge in [0.1, 0.15) is 31.3 Å². The number of nitrogens with zero attached hydrogens (tertiary/aromatic N) is 1. The number of ether oxygens (including phenoxy) is 3. The SMILES string of the molecule is C[N+](C)(C)[C@@H](Cc1ccccc1)C(=O)OCCC#CCC#CCOc1ccc(OCc2ccccc2)cc1. The smallest absolute Gasteiger partial charge is 0.365 e. The minimum Gasteiger partial charge on any atom is -0.489 e. The quantitative estimate of drug-likeness (QED) is 0.152. The molecule has 5 heteroatoms. The fraction of sp³-hybridized carbons (Fsp3) is 0.303. The Morgan fingerprint density at radius 2 is 1.32 bits per heavy atom. The largest absolute Gasteiger partial charge is 0.489 e. The molecule has 0 aromatic heterocycles. The van der Waals surface area contributed by atoms with Gasteiger partial charge in [0.15, 0.2) is 6.04 Å². The average molecular weight is 511 g/mol. The highest BCUT2D eigenvalue weighted by molar-refractivity contribution is 5.75. The van der Waals surface area contributed by atoms with E-state index in [4.69, 9.17) is 14.2 Å². The van der Waals surface area contributed by atoms with Crippen LogP contribution < -0.4 is 9.47 Å². The maximum atomic E-state index is 12.7. The molecule has 0 heterocycles. The van der Waals surface area contributed by atoms with Crippen LogP contribution in [0.4, 0.5) is 0 Å². The van der Waals surface area contributed by atoms with Crippen molar-refractivity contribution in [1.29, 1.82) is 0 Å². The van der Waals surface area contributed by atoms with E-state index in [0.29, 0.717) is 30.4 Å². The van der Waals surface area contributed by atoms with E-state index in [2.05, 4.69) is 23.7 Å². The van der Waals surface area contributed by atoms with Crippen LogP contribution in [0.2, 0.25) is 0 Å².